The number of nitrogens with one attached hydrogen (secondary N) is 1. The molecule has 0 radical (unpaired) electrons. The maximum Gasteiger partial charge on any atom is 0.183 e. The summed E-state index contributed by atoms with van der Waals surface area (Å²) in [6, 6.07) is 0. The van der Waals surface area contributed by atoms with Crippen LogP contribution in [-0.2, 0) is 6.54 Å². The topological polar surface area (TPSA) is 42.0 Å². The van der Waals surface area contributed by atoms with E-state index in [1.54, 1.807) is 16.8 Å². The second-order valence-electron chi connectivity index (χ2n) is 2.47. The molecule has 0 atom stereocenters. The second kappa shape index (κ2) is 2.71. The van der Waals surface area contributed by atoms with E-state index in [-0.39, 0.29) is 5.78 Å². The maximum absolute atomic E-state index is 11.3. The van der Waals surface area contributed by atoms with Crippen LogP contribution in [0.3, 0.4) is 0 Å². The number of thiazole rings is 1. The van der Waals surface area contributed by atoms with Gasteiger partial charge in [0.05, 0.1) is 5.51 Å². The molecule has 1 aliphatic heterocycles. The zero-order valence-corrected chi connectivity index (χ0v) is 6.78. The summed E-state index contributed by atoms with van der Waals surface area (Å²) in [5, 5.41) is 3.17. The molecule has 3 nitrogen and oxygen atoms in total. The molecular formula is C7H8N2OS. The summed E-state index contributed by atoms with van der Waals surface area (Å²) in [7, 11) is 0. The number of fused-ring (bicyclic) bond motifs is 1. The van der Waals surface area contributed by atoms with Crippen molar-refractivity contribution in [3.05, 3.63) is 16.1 Å². The first-order chi connectivity index (χ1) is 5.38. The van der Waals surface area contributed by atoms with Crippen molar-refractivity contribution in [3.63, 3.8) is 0 Å². The third-order valence-electron chi connectivity index (χ3n) is 1.72. The zero-order valence-electron chi connectivity index (χ0n) is 5.96. The van der Waals surface area contributed by atoms with E-state index in [0.717, 1.165) is 18.0 Å². The van der Waals surface area contributed by atoms with Gasteiger partial charge >= 0.3 is 0 Å². The Hall–Kier alpha value is -0.740. The molecule has 0 aliphatic carbocycles. The molecule has 1 aliphatic rings. The number of carbonyl (C=O) groups is 1. The molecule has 0 unspecified atom stereocenters. The first-order valence-corrected chi connectivity index (χ1v) is 4.42. The number of hydrogen-bond donors (Lipinski definition) is 1. The fourth-order valence-corrected chi connectivity index (χ4v) is 1.89. The van der Waals surface area contributed by atoms with Gasteiger partial charge in [-0.1, -0.05) is 0 Å². The van der Waals surface area contributed by atoms with Gasteiger partial charge in [-0.3, -0.25) is 4.79 Å². The van der Waals surface area contributed by atoms with Crippen molar-refractivity contribution in [2.75, 3.05) is 6.54 Å². The van der Waals surface area contributed by atoms with E-state index < -0.39 is 0 Å². The van der Waals surface area contributed by atoms with E-state index >= 15 is 0 Å². The smallest absolute Gasteiger partial charge is 0.183 e. The Kier molecular flexibility index (Phi) is 1.71. The van der Waals surface area contributed by atoms with Crippen molar-refractivity contribution in [2.45, 2.75) is 13.0 Å². The molecule has 1 N–H and O–H groups in total. The van der Waals surface area contributed by atoms with Crippen molar-refractivity contribution < 1.29 is 4.79 Å². The molecule has 1 aromatic rings. The van der Waals surface area contributed by atoms with E-state index in [9.17, 15) is 4.79 Å². The van der Waals surface area contributed by atoms with Crippen LogP contribution >= 0.6 is 11.3 Å². The fourth-order valence-electron chi connectivity index (χ4n) is 1.15. The van der Waals surface area contributed by atoms with Crippen molar-refractivity contribution in [1.82, 2.24) is 10.3 Å². The molecule has 1 aromatic heterocycles. The largest absolute Gasteiger partial charge is 0.311 e. The van der Waals surface area contributed by atoms with Crippen LogP contribution in [0.5, 0.6) is 0 Å². The molecule has 2 rings (SSSR count). The van der Waals surface area contributed by atoms with Gasteiger partial charge in [0.1, 0.15) is 5.69 Å². The van der Waals surface area contributed by atoms with Gasteiger partial charge in [-0.05, 0) is 0 Å². The highest BCUT2D eigenvalue weighted by molar-refractivity contribution is 7.09. The predicted octanol–water partition coefficient (Wildman–Crippen LogP) is 0.819. The van der Waals surface area contributed by atoms with Gasteiger partial charge < -0.3 is 5.32 Å². The third-order valence-corrected chi connectivity index (χ3v) is 2.55. The lowest BCUT2D eigenvalue weighted by molar-refractivity contribution is 0.0981. The van der Waals surface area contributed by atoms with Gasteiger partial charge in [-0.15, -0.1) is 11.3 Å². The summed E-state index contributed by atoms with van der Waals surface area (Å²) in [5.74, 6) is 0.172. The minimum Gasteiger partial charge on any atom is -0.311 e. The maximum atomic E-state index is 11.3. The highest BCUT2D eigenvalue weighted by atomic mass is 32.1. The van der Waals surface area contributed by atoms with Crippen molar-refractivity contribution in [3.8, 4) is 0 Å². The monoisotopic (exact) mass is 168 g/mol. The quantitative estimate of drug-likeness (QED) is 0.623. The molecule has 58 valence electrons. The Bertz CT molecular complexity index is 282. The van der Waals surface area contributed by atoms with Crippen LogP contribution in [0.4, 0.5) is 0 Å². The van der Waals surface area contributed by atoms with Crippen molar-refractivity contribution >= 4 is 17.1 Å². The number of hydrogen-bond acceptors (Lipinski definition) is 4. The molecule has 0 saturated heterocycles. The standard InChI is InChI=1S/C7H8N2OS/c10-5-1-2-8-3-6-7(5)9-4-11-6/h4,8H,1-3H2. The third kappa shape index (κ3) is 1.19. The highest BCUT2D eigenvalue weighted by Crippen LogP contribution is 2.16. The minimum absolute atomic E-state index is 0.172. The molecule has 11 heavy (non-hydrogen) atoms. The number of Topliss-reactive ketones (excluding diaryl/α,β-unsaturated/α-hetero) is 1. The number of aromatic nitrogens is 1. The van der Waals surface area contributed by atoms with E-state index in [1.807, 2.05) is 0 Å². The van der Waals surface area contributed by atoms with Gasteiger partial charge in [-0.2, -0.15) is 0 Å². The highest BCUT2D eigenvalue weighted by Gasteiger charge is 2.16. The average molecular weight is 168 g/mol. The van der Waals surface area contributed by atoms with Crippen LogP contribution in [-0.4, -0.2) is 17.3 Å². The summed E-state index contributed by atoms with van der Waals surface area (Å²) in [5.41, 5.74) is 2.41. The Labute approximate surface area is 68.5 Å². The number of nitrogens with zero attached hydrogens (tertiary/aromatic N) is 1. The van der Waals surface area contributed by atoms with E-state index in [1.165, 1.54) is 0 Å². The Morgan fingerprint density at radius 1 is 1.64 bits per heavy atom. The average Bonchev–Trinajstić information content (AvgIpc) is 2.40. The number of rotatable bonds is 0. The summed E-state index contributed by atoms with van der Waals surface area (Å²) in [6.45, 7) is 1.58. The summed E-state index contributed by atoms with van der Waals surface area (Å²) >= 11 is 1.55. The molecule has 0 aromatic carbocycles. The predicted molar refractivity (Wildman–Crippen MR) is 42.8 cm³/mol. The summed E-state index contributed by atoms with van der Waals surface area (Å²) < 4.78 is 0. The second-order valence-corrected chi connectivity index (χ2v) is 3.41. The normalized spacial score (nSPS) is 17.6. The zero-order chi connectivity index (χ0) is 7.68. The van der Waals surface area contributed by atoms with Crippen LogP contribution < -0.4 is 5.32 Å². The van der Waals surface area contributed by atoms with Crippen LogP contribution in [0.15, 0.2) is 5.51 Å². The van der Waals surface area contributed by atoms with Gasteiger partial charge in [-0.25, -0.2) is 4.98 Å². The molecule has 0 bridgehead atoms. The van der Waals surface area contributed by atoms with Crippen molar-refractivity contribution in [2.24, 2.45) is 0 Å². The molecule has 0 fully saturated rings. The van der Waals surface area contributed by atoms with Gasteiger partial charge in [0.2, 0.25) is 0 Å². The molecule has 0 amide bonds. The first kappa shape index (κ1) is 6.94. The molecule has 0 saturated carbocycles. The lowest BCUT2D eigenvalue weighted by atomic mass is 10.2. The minimum atomic E-state index is 0.172. The van der Waals surface area contributed by atoms with Gasteiger partial charge in [0.25, 0.3) is 0 Å². The van der Waals surface area contributed by atoms with E-state index in [2.05, 4.69) is 10.3 Å². The van der Waals surface area contributed by atoms with Crippen LogP contribution in [0, 0.1) is 0 Å². The Morgan fingerprint density at radius 2 is 2.55 bits per heavy atom. The molecule has 0 spiro atoms. The number of ketones is 1. The van der Waals surface area contributed by atoms with Gasteiger partial charge in [0.15, 0.2) is 5.78 Å². The lowest BCUT2D eigenvalue weighted by Crippen LogP contribution is -2.12. The van der Waals surface area contributed by atoms with E-state index in [0.29, 0.717) is 12.1 Å². The molecular weight excluding hydrogens is 160 g/mol. The van der Waals surface area contributed by atoms with Crippen molar-refractivity contribution in [1.29, 1.82) is 0 Å². The Morgan fingerprint density at radius 3 is 3.45 bits per heavy atom. The van der Waals surface area contributed by atoms with Crippen LogP contribution in [0.1, 0.15) is 21.8 Å². The van der Waals surface area contributed by atoms with Crippen LogP contribution in [0.2, 0.25) is 0 Å². The first-order valence-electron chi connectivity index (χ1n) is 3.54. The Balaban J connectivity index is 2.41. The summed E-state index contributed by atoms with van der Waals surface area (Å²) in [4.78, 5) is 16.4. The fraction of sp³-hybridized carbons (Fsp3) is 0.429. The summed E-state index contributed by atoms with van der Waals surface area (Å²) in [6.07, 6.45) is 0.580. The molecule has 2 heterocycles. The lowest BCUT2D eigenvalue weighted by Gasteiger charge is -1.92. The SMILES string of the molecule is O=C1CCNCc2scnc21. The van der Waals surface area contributed by atoms with Crippen LogP contribution in [0.25, 0.3) is 0 Å². The van der Waals surface area contributed by atoms with Gasteiger partial charge in [0, 0.05) is 24.4 Å². The van der Waals surface area contributed by atoms with E-state index in [4.69, 9.17) is 0 Å². The number of carbonyl (C=O) groups excluding carboxylic acids is 1. The molecule has 4 heteroatoms.